The lowest BCUT2D eigenvalue weighted by Gasteiger charge is -2.04. The Bertz CT molecular complexity index is 739. The number of benzene rings is 1. The van der Waals surface area contributed by atoms with Crippen molar-refractivity contribution in [3.63, 3.8) is 0 Å². The smallest absolute Gasteiger partial charge is 0.260 e. The van der Waals surface area contributed by atoms with Crippen molar-refractivity contribution in [2.75, 3.05) is 5.32 Å². The van der Waals surface area contributed by atoms with Gasteiger partial charge >= 0.3 is 0 Å². The third-order valence-corrected chi connectivity index (χ3v) is 2.98. The first-order valence-corrected chi connectivity index (χ1v) is 6.16. The summed E-state index contributed by atoms with van der Waals surface area (Å²) < 4.78 is 18.1. The van der Waals surface area contributed by atoms with E-state index in [9.17, 15) is 18.8 Å². The molecule has 1 aromatic heterocycles. The molecular formula is C14H9ClFNO4. The van der Waals surface area contributed by atoms with E-state index in [1.165, 1.54) is 25.1 Å². The fourth-order valence-corrected chi connectivity index (χ4v) is 1.84. The number of carbonyl (C=O) groups excluding carboxylic acids is 3. The van der Waals surface area contributed by atoms with E-state index in [0.717, 1.165) is 6.07 Å². The molecule has 2 aromatic rings. The van der Waals surface area contributed by atoms with Crippen LogP contribution in [0.2, 0.25) is 5.02 Å². The standard InChI is InChI=1S/C14H9ClFNO4/c1-7-9(5-13(21-7)12(19)6-18)14(20)17-8-2-3-11(16)10(15)4-8/h2-6H,1H3,(H,17,20). The Labute approximate surface area is 123 Å². The third kappa shape index (κ3) is 3.17. The van der Waals surface area contributed by atoms with E-state index in [1.54, 1.807) is 0 Å². The van der Waals surface area contributed by atoms with E-state index in [4.69, 9.17) is 16.0 Å². The highest BCUT2D eigenvalue weighted by molar-refractivity contribution is 6.32. The van der Waals surface area contributed by atoms with E-state index in [0.29, 0.717) is 0 Å². The molecule has 5 nitrogen and oxygen atoms in total. The van der Waals surface area contributed by atoms with Crippen molar-refractivity contribution in [3.8, 4) is 0 Å². The molecule has 1 N–H and O–H groups in total. The van der Waals surface area contributed by atoms with Gasteiger partial charge in [0.25, 0.3) is 11.7 Å². The van der Waals surface area contributed by atoms with E-state index in [2.05, 4.69) is 5.32 Å². The summed E-state index contributed by atoms with van der Waals surface area (Å²) in [6.45, 7) is 1.48. The Kier molecular flexibility index (Phi) is 4.18. The molecule has 108 valence electrons. The van der Waals surface area contributed by atoms with Crippen molar-refractivity contribution < 1.29 is 23.2 Å². The van der Waals surface area contributed by atoms with Gasteiger partial charge in [0.05, 0.1) is 10.6 Å². The van der Waals surface area contributed by atoms with Gasteiger partial charge in [0.2, 0.25) is 0 Å². The zero-order valence-corrected chi connectivity index (χ0v) is 11.5. The van der Waals surface area contributed by atoms with Crippen LogP contribution in [0.15, 0.2) is 28.7 Å². The van der Waals surface area contributed by atoms with Crippen LogP contribution in [-0.4, -0.2) is 18.0 Å². The minimum absolute atomic E-state index is 0.0969. The highest BCUT2D eigenvalue weighted by atomic mass is 35.5. The van der Waals surface area contributed by atoms with Gasteiger partial charge in [0.1, 0.15) is 11.6 Å². The Morgan fingerprint density at radius 2 is 2.05 bits per heavy atom. The summed E-state index contributed by atoms with van der Waals surface area (Å²) in [5, 5.41) is 2.36. The minimum atomic E-state index is -0.859. The molecule has 0 unspecified atom stereocenters. The fourth-order valence-electron chi connectivity index (χ4n) is 1.66. The van der Waals surface area contributed by atoms with Gasteiger partial charge in [-0.2, -0.15) is 0 Å². The molecule has 0 aliphatic rings. The maximum absolute atomic E-state index is 13.0. The average Bonchev–Trinajstić information content (AvgIpc) is 2.84. The van der Waals surface area contributed by atoms with Gasteiger partial charge in [-0.1, -0.05) is 11.6 Å². The molecule has 1 heterocycles. The molecule has 0 saturated heterocycles. The summed E-state index contributed by atoms with van der Waals surface area (Å²) in [4.78, 5) is 33.6. The predicted molar refractivity (Wildman–Crippen MR) is 73.2 cm³/mol. The van der Waals surface area contributed by atoms with Gasteiger partial charge < -0.3 is 9.73 Å². The van der Waals surface area contributed by atoms with Gasteiger partial charge in [-0.15, -0.1) is 0 Å². The topological polar surface area (TPSA) is 76.4 Å². The molecule has 0 saturated carbocycles. The summed E-state index contributed by atoms with van der Waals surface area (Å²) in [6, 6.07) is 4.88. The van der Waals surface area contributed by atoms with Crippen molar-refractivity contribution in [2.24, 2.45) is 0 Å². The quantitative estimate of drug-likeness (QED) is 0.535. The largest absolute Gasteiger partial charge is 0.457 e. The molecule has 21 heavy (non-hydrogen) atoms. The number of hydrogen-bond donors (Lipinski definition) is 1. The van der Waals surface area contributed by atoms with Crippen molar-refractivity contribution in [1.29, 1.82) is 0 Å². The van der Waals surface area contributed by atoms with Crippen LogP contribution in [0.4, 0.5) is 10.1 Å². The van der Waals surface area contributed by atoms with E-state index >= 15 is 0 Å². The zero-order chi connectivity index (χ0) is 15.6. The van der Waals surface area contributed by atoms with Crippen molar-refractivity contribution in [1.82, 2.24) is 0 Å². The predicted octanol–water partition coefficient (Wildman–Crippen LogP) is 3.01. The number of halogens is 2. The molecule has 7 heteroatoms. The summed E-state index contributed by atoms with van der Waals surface area (Å²) in [5.74, 6) is -2.06. The summed E-state index contributed by atoms with van der Waals surface area (Å²) in [7, 11) is 0. The number of nitrogens with one attached hydrogen (secondary N) is 1. The van der Waals surface area contributed by atoms with Crippen LogP contribution in [0.25, 0.3) is 0 Å². The molecular weight excluding hydrogens is 301 g/mol. The van der Waals surface area contributed by atoms with Crippen LogP contribution >= 0.6 is 11.6 Å². The Balaban J connectivity index is 2.24. The summed E-state index contributed by atoms with van der Waals surface area (Å²) in [6.07, 6.45) is 0.0969. The lowest BCUT2D eigenvalue weighted by atomic mass is 10.2. The normalized spacial score (nSPS) is 10.2. The number of Topliss-reactive ketones (excluding diaryl/α,β-unsaturated/α-hetero) is 1. The Hall–Kier alpha value is -2.47. The number of carbonyl (C=O) groups is 3. The van der Waals surface area contributed by atoms with Gasteiger partial charge in [-0.25, -0.2) is 4.39 Å². The van der Waals surface area contributed by atoms with Crippen LogP contribution < -0.4 is 5.32 Å². The summed E-state index contributed by atoms with van der Waals surface area (Å²) >= 11 is 5.61. The Morgan fingerprint density at radius 1 is 1.33 bits per heavy atom. The number of aryl methyl sites for hydroxylation is 1. The van der Waals surface area contributed by atoms with E-state index < -0.39 is 17.5 Å². The van der Waals surface area contributed by atoms with E-state index in [-0.39, 0.29) is 34.1 Å². The molecule has 1 amide bonds. The molecule has 0 aliphatic carbocycles. The van der Waals surface area contributed by atoms with Gasteiger partial charge in [-0.3, -0.25) is 14.4 Å². The molecule has 0 radical (unpaired) electrons. The van der Waals surface area contributed by atoms with Gasteiger partial charge in [0, 0.05) is 11.8 Å². The first-order valence-electron chi connectivity index (χ1n) is 5.78. The lowest BCUT2D eigenvalue weighted by molar-refractivity contribution is -0.104. The zero-order valence-electron chi connectivity index (χ0n) is 10.8. The van der Waals surface area contributed by atoms with Crippen LogP contribution in [0.5, 0.6) is 0 Å². The second kappa shape index (κ2) is 5.88. The average molecular weight is 310 g/mol. The van der Waals surface area contributed by atoms with Gasteiger partial charge in [-0.05, 0) is 25.1 Å². The fraction of sp³-hybridized carbons (Fsp3) is 0.0714. The van der Waals surface area contributed by atoms with Crippen LogP contribution in [-0.2, 0) is 4.79 Å². The Morgan fingerprint density at radius 3 is 2.67 bits per heavy atom. The molecule has 0 atom stereocenters. The van der Waals surface area contributed by atoms with Crippen LogP contribution in [0.1, 0.15) is 26.7 Å². The lowest BCUT2D eigenvalue weighted by Crippen LogP contribution is -2.12. The number of rotatable bonds is 4. The molecule has 1 aromatic carbocycles. The highest BCUT2D eigenvalue weighted by Gasteiger charge is 2.19. The van der Waals surface area contributed by atoms with Crippen LogP contribution in [0.3, 0.4) is 0 Å². The van der Waals surface area contributed by atoms with Crippen LogP contribution in [0, 0.1) is 12.7 Å². The maximum atomic E-state index is 13.0. The number of furan rings is 1. The minimum Gasteiger partial charge on any atom is -0.457 e. The molecule has 2 rings (SSSR count). The van der Waals surface area contributed by atoms with E-state index in [1.807, 2.05) is 0 Å². The third-order valence-electron chi connectivity index (χ3n) is 2.69. The highest BCUT2D eigenvalue weighted by Crippen LogP contribution is 2.21. The maximum Gasteiger partial charge on any atom is 0.260 e. The molecule has 0 fully saturated rings. The second-order valence-electron chi connectivity index (χ2n) is 4.15. The SMILES string of the molecule is Cc1oc(C(=O)C=O)cc1C(=O)Nc1ccc(F)c(Cl)c1. The number of anilines is 1. The number of aldehydes is 1. The monoisotopic (exact) mass is 309 g/mol. The summed E-state index contributed by atoms with van der Waals surface area (Å²) in [5.41, 5.74) is 0.385. The number of amides is 1. The second-order valence-corrected chi connectivity index (χ2v) is 4.55. The van der Waals surface area contributed by atoms with Gasteiger partial charge in [0.15, 0.2) is 12.0 Å². The van der Waals surface area contributed by atoms with Crippen molar-refractivity contribution >= 4 is 35.3 Å². The first kappa shape index (κ1) is 14.9. The number of hydrogen-bond acceptors (Lipinski definition) is 4. The first-order chi connectivity index (χ1) is 9.92. The molecule has 0 aliphatic heterocycles. The molecule has 0 bridgehead atoms. The number of ketones is 1. The van der Waals surface area contributed by atoms with Crippen molar-refractivity contribution in [2.45, 2.75) is 6.92 Å². The molecule has 0 spiro atoms. The van der Waals surface area contributed by atoms with Crippen molar-refractivity contribution in [3.05, 3.63) is 52.2 Å².